The predicted octanol–water partition coefficient (Wildman–Crippen LogP) is 2.77. The molecule has 18 heavy (non-hydrogen) atoms. The lowest BCUT2D eigenvalue weighted by Crippen LogP contribution is -2.35. The normalized spacial score (nSPS) is 11.6. The van der Waals surface area contributed by atoms with Gasteiger partial charge in [-0.1, -0.05) is 13.3 Å². The van der Waals surface area contributed by atoms with Crippen molar-refractivity contribution in [2.45, 2.75) is 52.6 Å². The Hall–Kier alpha value is -0.940. The zero-order valence-corrected chi connectivity index (χ0v) is 12.6. The number of hydrogen-bond acceptors (Lipinski definition) is 5. The average Bonchev–Trinajstić information content (AvgIpc) is 2.68. The number of nitrogens with one attached hydrogen (secondary N) is 1. The summed E-state index contributed by atoms with van der Waals surface area (Å²) in [4.78, 5) is 16.8. The van der Waals surface area contributed by atoms with Crippen molar-refractivity contribution in [3.05, 3.63) is 15.6 Å². The van der Waals surface area contributed by atoms with Gasteiger partial charge in [0.1, 0.15) is 9.88 Å². The van der Waals surface area contributed by atoms with Crippen LogP contribution in [-0.2, 0) is 17.7 Å². The van der Waals surface area contributed by atoms with Gasteiger partial charge in [-0.3, -0.25) is 0 Å². The van der Waals surface area contributed by atoms with E-state index in [1.807, 2.05) is 0 Å². The number of carbonyl (C=O) groups is 1. The average molecular weight is 270 g/mol. The maximum absolute atomic E-state index is 11.7. The van der Waals surface area contributed by atoms with Gasteiger partial charge in [0.05, 0.1) is 12.8 Å². The Morgan fingerprint density at radius 1 is 1.44 bits per heavy atom. The van der Waals surface area contributed by atoms with Gasteiger partial charge in [0.15, 0.2) is 0 Å². The van der Waals surface area contributed by atoms with E-state index >= 15 is 0 Å². The van der Waals surface area contributed by atoms with Gasteiger partial charge >= 0.3 is 5.97 Å². The molecule has 0 radical (unpaired) electrons. The first-order valence-corrected chi connectivity index (χ1v) is 7.01. The minimum absolute atomic E-state index is 0.0437. The SMILES string of the molecule is CCCc1nc(CNC(C)(C)C)sc1C(=O)OC. The van der Waals surface area contributed by atoms with Gasteiger partial charge in [0.25, 0.3) is 0 Å². The molecule has 1 aromatic rings. The molecule has 0 spiro atoms. The maximum atomic E-state index is 11.7. The molecule has 0 amide bonds. The molecule has 0 bridgehead atoms. The van der Waals surface area contributed by atoms with Crippen molar-refractivity contribution in [3.8, 4) is 0 Å². The molecule has 1 heterocycles. The van der Waals surface area contributed by atoms with E-state index in [1.54, 1.807) is 0 Å². The summed E-state index contributed by atoms with van der Waals surface area (Å²) in [5.74, 6) is -0.280. The van der Waals surface area contributed by atoms with E-state index in [1.165, 1.54) is 18.4 Å². The van der Waals surface area contributed by atoms with E-state index in [2.05, 4.69) is 38.0 Å². The molecule has 0 aromatic carbocycles. The van der Waals surface area contributed by atoms with Crippen molar-refractivity contribution in [2.24, 2.45) is 0 Å². The summed E-state index contributed by atoms with van der Waals surface area (Å²) in [5, 5.41) is 4.31. The second-order valence-electron chi connectivity index (χ2n) is 5.23. The molecule has 0 saturated carbocycles. The molecule has 0 saturated heterocycles. The standard InChI is InChI=1S/C13H22N2O2S/c1-6-7-9-11(12(16)17-5)18-10(15-9)8-14-13(2,3)4/h14H,6-8H2,1-5H3. The second kappa shape index (κ2) is 6.29. The Labute approximate surface area is 113 Å². The largest absolute Gasteiger partial charge is 0.465 e. The van der Waals surface area contributed by atoms with E-state index < -0.39 is 0 Å². The lowest BCUT2D eigenvalue weighted by Gasteiger charge is -2.19. The Bertz CT molecular complexity index is 408. The van der Waals surface area contributed by atoms with Crippen LogP contribution >= 0.6 is 11.3 Å². The highest BCUT2D eigenvalue weighted by Gasteiger charge is 2.19. The van der Waals surface area contributed by atoms with Crippen LogP contribution in [0.1, 0.15) is 54.5 Å². The summed E-state index contributed by atoms with van der Waals surface area (Å²) in [5.41, 5.74) is 0.905. The Kier molecular flexibility index (Phi) is 5.28. The quantitative estimate of drug-likeness (QED) is 0.836. The van der Waals surface area contributed by atoms with Gasteiger partial charge in [-0.15, -0.1) is 11.3 Å². The van der Waals surface area contributed by atoms with E-state index in [0.29, 0.717) is 11.4 Å². The van der Waals surface area contributed by atoms with Crippen LogP contribution in [0.15, 0.2) is 0 Å². The van der Waals surface area contributed by atoms with Crippen LogP contribution in [0.4, 0.5) is 0 Å². The summed E-state index contributed by atoms with van der Waals surface area (Å²) in [6.07, 6.45) is 1.79. The molecule has 1 N–H and O–H groups in total. The molecule has 5 heteroatoms. The Morgan fingerprint density at radius 2 is 2.11 bits per heavy atom. The molecular formula is C13H22N2O2S. The lowest BCUT2D eigenvalue weighted by atomic mass is 10.1. The topological polar surface area (TPSA) is 51.2 Å². The number of aromatic nitrogens is 1. The maximum Gasteiger partial charge on any atom is 0.349 e. The molecule has 0 aliphatic carbocycles. The number of hydrogen-bond donors (Lipinski definition) is 1. The van der Waals surface area contributed by atoms with Gasteiger partial charge in [-0.2, -0.15) is 0 Å². The minimum Gasteiger partial charge on any atom is -0.465 e. The molecule has 0 aliphatic rings. The van der Waals surface area contributed by atoms with Crippen molar-refractivity contribution in [1.29, 1.82) is 0 Å². The van der Waals surface area contributed by atoms with E-state index in [9.17, 15) is 4.79 Å². The zero-order valence-electron chi connectivity index (χ0n) is 11.8. The van der Waals surface area contributed by atoms with Crippen LogP contribution in [0.3, 0.4) is 0 Å². The molecule has 0 aliphatic heterocycles. The van der Waals surface area contributed by atoms with Crippen LogP contribution < -0.4 is 5.32 Å². The number of nitrogens with zero attached hydrogens (tertiary/aromatic N) is 1. The first-order chi connectivity index (χ1) is 8.37. The predicted molar refractivity (Wildman–Crippen MR) is 74.0 cm³/mol. The zero-order chi connectivity index (χ0) is 13.8. The summed E-state index contributed by atoms with van der Waals surface area (Å²) >= 11 is 1.42. The number of methoxy groups -OCH3 is 1. The number of thiazole rings is 1. The number of aryl methyl sites for hydroxylation is 1. The van der Waals surface area contributed by atoms with Crippen LogP contribution in [0.25, 0.3) is 0 Å². The van der Waals surface area contributed by atoms with Gasteiger partial charge < -0.3 is 10.1 Å². The summed E-state index contributed by atoms with van der Waals surface area (Å²) < 4.78 is 4.79. The van der Waals surface area contributed by atoms with Crippen molar-refractivity contribution in [3.63, 3.8) is 0 Å². The number of carbonyl (C=O) groups excluding carboxylic acids is 1. The van der Waals surface area contributed by atoms with Gasteiger partial charge in [-0.05, 0) is 27.2 Å². The number of ether oxygens (including phenoxy) is 1. The minimum atomic E-state index is -0.280. The first-order valence-electron chi connectivity index (χ1n) is 6.19. The highest BCUT2D eigenvalue weighted by atomic mass is 32.1. The molecule has 0 fully saturated rings. The van der Waals surface area contributed by atoms with E-state index in [-0.39, 0.29) is 11.5 Å². The van der Waals surface area contributed by atoms with Crippen LogP contribution in [-0.4, -0.2) is 23.6 Å². The molecule has 0 unspecified atom stereocenters. The molecular weight excluding hydrogens is 248 g/mol. The Morgan fingerprint density at radius 3 is 2.61 bits per heavy atom. The molecule has 0 atom stereocenters. The van der Waals surface area contributed by atoms with Crippen molar-refractivity contribution < 1.29 is 9.53 Å². The third-order valence-electron chi connectivity index (χ3n) is 2.37. The van der Waals surface area contributed by atoms with Crippen LogP contribution in [0, 0.1) is 0 Å². The first kappa shape index (κ1) is 15.1. The summed E-state index contributed by atoms with van der Waals surface area (Å²) in [6.45, 7) is 9.08. The van der Waals surface area contributed by atoms with Crippen LogP contribution in [0.5, 0.6) is 0 Å². The fraction of sp³-hybridized carbons (Fsp3) is 0.692. The lowest BCUT2D eigenvalue weighted by molar-refractivity contribution is 0.0605. The highest BCUT2D eigenvalue weighted by molar-refractivity contribution is 7.13. The fourth-order valence-electron chi connectivity index (χ4n) is 1.48. The third kappa shape index (κ3) is 4.38. The number of esters is 1. The van der Waals surface area contributed by atoms with Gasteiger partial charge in [-0.25, -0.2) is 9.78 Å². The second-order valence-corrected chi connectivity index (χ2v) is 6.31. The van der Waals surface area contributed by atoms with E-state index in [0.717, 1.165) is 23.5 Å². The Balaban J connectivity index is 2.85. The molecule has 102 valence electrons. The fourth-order valence-corrected chi connectivity index (χ4v) is 2.44. The van der Waals surface area contributed by atoms with Gasteiger partial charge in [0.2, 0.25) is 0 Å². The molecule has 1 rings (SSSR count). The molecule has 1 aromatic heterocycles. The van der Waals surface area contributed by atoms with Crippen molar-refractivity contribution in [1.82, 2.24) is 10.3 Å². The summed E-state index contributed by atoms with van der Waals surface area (Å²) in [7, 11) is 1.41. The molecule has 4 nitrogen and oxygen atoms in total. The van der Waals surface area contributed by atoms with Crippen LogP contribution in [0.2, 0.25) is 0 Å². The van der Waals surface area contributed by atoms with Crippen molar-refractivity contribution >= 4 is 17.3 Å². The summed E-state index contributed by atoms with van der Waals surface area (Å²) in [6, 6.07) is 0. The highest BCUT2D eigenvalue weighted by Crippen LogP contribution is 2.21. The van der Waals surface area contributed by atoms with Gasteiger partial charge in [0, 0.05) is 12.1 Å². The smallest absolute Gasteiger partial charge is 0.349 e. The number of rotatable bonds is 5. The van der Waals surface area contributed by atoms with Crippen molar-refractivity contribution in [2.75, 3.05) is 7.11 Å². The van der Waals surface area contributed by atoms with E-state index in [4.69, 9.17) is 4.74 Å². The third-order valence-corrected chi connectivity index (χ3v) is 3.45. The monoisotopic (exact) mass is 270 g/mol.